The molecule has 0 aliphatic heterocycles. The smallest absolute Gasteiger partial charge is 0.252 e. The van der Waals surface area contributed by atoms with Crippen LogP contribution in [0.15, 0.2) is 4.52 Å². The van der Waals surface area contributed by atoms with Crippen LogP contribution in [0.4, 0.5) is 0 Å². The zero-order chi connectivity index (χ0) is 12.1. The molecular weight excluding hydrogens is 218 g/mol. The highest BCUT2D eigenvalue weighted by molar-refractivity contribution is 4.89. The van der Waals surface area contributed by atoms with Gasteiger partial charge in [0, 0.05) is 12.0 Å². The number of hydrogen-bond donors (Lipinski definition) is 1. The Hall–Kier alpha value is -0.940. The minimum Gasteiger partial charge on any atom is -0.370 e. The molecule has 0 spiro atoms. The number of nitrogens with two attached hydrogens (primary N) is 1. The topological polar surface area (TPSA) is 74.2 Å². The summed E-state index contributed by atoms with van der Waals surface area (Å²) in [7, 11) is 0. The lowest BCUT2D eigenvalue weighted by Crippen LogP contribution is -2.41. The van der Waals surface area contributed by atoms with Gasteiger partial charge in [-0.2, -0.15) is 4.98 Å². The van der Waals surface area contributed by atoms with Crippen molar-refractivity contribution < 1.29 is 9.26 Å². The van der Waals surface area contributed by atoms with Gasteiger partial charge in [0.05, 0.1) is 6.61 Å². The Morgan fingerprint density at radius 3 is 2.88 bits per heavy atom. The molecule has 1 aromatic heterocycles. The number of ether oxygens (including phenoxy) is 1. The largest absolute Gasteiger partial charge is 0.370 e. The Labute approximate surface area is 102 Å². The van der Waals surface area contributed by atoms with E-state index in [0.29, 0.717) is 19.1 Å². The van der Waals surface area contributed by atoms with Crippen molar-refractivity contribution in [1.82, 2.24) is 10.1 Å². The molecule has 1 heterocycles. The highest BCUT2D eigenvalue weighted by Gasteiger charge is 2.29. The normalized spacial score (nSPS) is 18.7. The molecule has 2 N–H and O–H groups in total. The van der Waals surface area contributed by atoms with Crippen LogP contribution in [0.3, 0.4) is 0 Å². The van der Waals surface area contributed by atoms with Crippen LogP contribution in [0.5, 0.6) is 0 Å². The molecule has 1 aliphatic carbocycles. The monoisotopic (exact) mass is 239 g/mol. The van der Waals surface area contributed by atoms with Crippen LogP contribution in [0, 0.1) is 0 Å². The lowest BCUT2D eigenvalue weighted by molar-refractivity contribution is 0.0588. The van der Waals surface area contributed by atoms with Crippen LogP contribution in [-0.2, 0) is 17.8 Å². The molecule has 0 unspecified atom stereocenters. The van der Waals surface area contributed by atoms with Gasteiger partial charge >= 0.3 is 0 Å². The number of aromatic nitrogens is 2. The van der Waals surface area contributed by atoms with Gasteiger partial charge in [0.2, 0.25) is 0 Å². The molecule has 0 bridgehead atoms. The molecule has 0 radical (unpaired) electrons. The number of hydrogen-bond acceptors (Lipinski definition) is 5. The van der Waals surface area contributed by atoms with Crippen LogP contribution < -0.4 is 5.73 Å². The average Bonchev–Trinajstić information content (AvgIpc) is 2.90. The lowest BCUT2D eigenvalue weighted by Gasteiger charge is -2.22. The number of aryl methyl sites for hydroxylation is 1. The predicted octanol–water partition coefficient (Wildman–Crippen LogP) is 1.81. The molecule has 2 rings (SSSR count). The highest BCUT2D eigenvalue weighted by Crippen LogP contribution is 2.27. The van der Waals surface area contributed by atoms with Crippen molar-refractivity contribution in [2.24, 2.45) is 5.73 Å². The molecule has 1 fully saturated rings. The molecule has 17 heavy (non-hydrogen) atoms. The minimum atomic E-state index is -0.133. The Morgan fingerprint density at radius 2 is 2.18 bits per heavy atom. The Bertz CT molecular complexity index is 345. The van der Waals surface area contributed by atoms with Crippen LogP contribution in [0.25, 0.3) is 0 Å². The van der Waals surface area contributed by atoms with Crippen molar-refractivity contribution in [2.45, 2.75) is 57.6 Å². The van der Waals surface area contributed by atoms with E-state index < -0.39 is 0 Å². The second-order valence-corrected chi connectivity index (χ2v) is 4.92. The van der Waals surface area contributed by atoms with E-state index in [2.05, 4.69) is 17.1 Å². The molecule has 0 atom stereocenters. The van der Waals surface area contributed by atoms with Crippen LogP contribution in [-0.4, -0.2) is 22.3 Å². The quantitative estimate of drug-likeness (QED) is 0.819. The first-order valence-corrected chi connectivity index (χ1v) is 6.40. The molecule has 1 aliphatic rings. The van der Waals surface area contributed by atoms with Gasteiger partial charge in [0.15, 0.2) is 5.82 Å². The van der Waals surface area contributed by atoms with Crippen LogP contribution in [0.2, 0.25) is 0 Å². The first-order valence-electron chi connectivity index (χ1n) is 6.40. The van der Waals surface area contributed by atoms with Gasteiger partial charge in [0.1, 0.15) is 6.61 Å². The third-order valence-corrected chi connectivity index (χ3v) is 3.20. The fourth-order valence-corrected chi connectivity index (χ4v) is 2.24. The third kappa shape index (κ3) is 3.51. The van der Waals surface area contributed by atoms with Crippen molar-refractivity contribution in [3.05, 3.63) is 11.7 Å². The summed E-state index contributed by atoms with van der Waals surface area (Å²) in [6.45, 7) is 3.04. The fourth-order valence-electron chi connectivity index (χ4n) is 2.24. The van der Waals surface area contributed by atoms with E-state index in [4.69, 9.17) is 15.0 Å². The molecule has 0 aromatic carbocycles. The highest BCUT2D eigenvalue weighted by atomic mass is 16.5. The summed E-state index contributed by atoms with van der Waals surface area (Å²) in [5, 5.41) is 3.88. The van der Waals surface area contributed by atoms with E-state index >= 15 is 0 Å². The molecule has 0 saturated heterocycles. The summed E-state index contributed by atoms with van der Waals surface area (Å²) >= 11 is 0. The van der Waals surface area contributed by atoms with Gasteiger partial charge in [-0.25, -0.2) is 0 Å². The van der Waals surface area contributed by atoms with Crippen LogP contribution >= 0.6 is 0 Å². The maximum atomic E-state index is 6.18. The fraction of sp³-hybridized carbons (Fsp3) is 0.833. The van der Waals surface area contributed by atoms with E-state index in [0.717, 1.165) is 31.5 Å². The first-order chi connectivity index (χ1) is 8.22. The molecule has 0 amide bonds. The second-order valence-electron chi connectivity index (χ2n) is 4.92. The Balaban J connectivity index is 1.73. The van der Waals surface area contributed by atoms with Crippen molar-refractivity contribution >= 4 is 0 Å². The third-order valence-electron chi connectivity index (χ3n) is 3.20. The molecule has 1 saturated carbocycles. The van der Waals surface area contributed by atoms with Crippen molar-refractivity contribution in [1.29, 1.82) is 0 Å². The Kier molecular flexibility index (Phi) is 4.12. The SMILES string of the molecule is CCCc1noc(COCC2(N)CCCC2)n1. The van der Waals surface area contributed by atoms with Gasteiger partial charge in [-0.1, -0.05) is 24.9 Å². The summed E-state index contributed by atoms with van der Waals surface area (Å²) in [4.78, 5) is 4.24. The number of rotatable bonds is 6. The minimum absolute atomic E-state index is 0.133. The summed E-state index contributed by atoms with van der Waals surface area (Å²) in [5.74, 6) is 1.31. The zero-order valence-electron chi connectivity index (χ0n) is 10.4. The predicted molar refractivity (Wildman–Crippen MR) is 63.3 cm³/mol. The summed E-state index contributed by atoms with van der Waals surface area (Å²) in [5.41, 5.74) is 6.05. The van der Waals surface area contributed by atoms with Crippen LogP contribution in [0.1, 0.15) is 50.7 Å². The van der Waals surface area contributed by atoms with E-state index in [9.17, 15) is 0 Å². The standard InChI is InChI=1S/C12H21N3O2/c1-2-5-10-14-11(17-15-10)8-16-9-12(13)6-3-4-7-12/h2-9,13H2,1H3. The molecule has 96 valence electrons. The van der Waals surface area contributed by atoms with Crippen molar-refractivity contribution in [3.63, 3.8) is 0 Å². The zero-order valence-corrected chi connectivity index (χ0v) is 10.4. The van der Waals surface area contributed by atoms with Gasteiger partial charge in [0.25, 0.3) is 5.89 Å². The van der Waals surface area contributed by atoms with E-state index in [1.54, 1.807) is 0 Å². The Morgan fingerprint density at radius 1 is 1.41 bits per heavy atom. The van der Waals surface area contributed by atoms with E-state index in [1.807, 2.05) is 0 Å². The lowest BCUT2D eigenvalue weighted by atomic mass is 10.0. The van der Waals surface area contributed by atoms with E-state index in [1.165, 1.54) is 12.8 Å². The first kappa shape index (κ1) is 12.5. The second kappa shape index (κ2) is 5.60. The summed E-state index contributed by atoms with van der Waals surface area (Å²) in [6, 6.07) is 0. The van der Waals surface area contributed by atoms with Crippen molar-refractivity contribution in [2.75, 3.05) is 6.61 Å². The van der Waals surface area contributed by atoms with Gasteiger partial charge in [-0.05, 0) is 19.3 Å². The molecule has 1 aromatic rings. The van der Waals surface area contributed by atoms with Gasteiger partial charge in [-0.15, -0.1) is 0 Å². The van der Waals surface area contributed by atoms with Crippen molar-refractivity contribution in [3.8, 4) is 0 Å². The maximum absolute atomic E-state index is 6.18. The number of nitrogens with zero attached hydrogens (tertiary/aromatic N) is 2. The molecule has 5 nitrogen and oxygen atoms in total. The molecular formula is C12H21N3O2. The summed E-state index contributed by atoms with van der Waals surface area (Å²) < 4.78 is 10.7. The van der Waals surface area contributed by atoms with E-state index in [-0.39, 0.29) is 5.54 Å². The van der Waals surface area contributed by atoms with Gasteiger partial charge in [-0.3, -0.25) is 0 Å². The average molecular weight is 239 g/mol. The maximum Gasteiger partial charge on any atom is 0.252 e. The van der Waals surface area contributed by atoms with Gasteiger partial charge < -0.3 is 15.0 Å². The molecule has 5 heteroatoms. The summed E-state index contributed by atoms with van der Waals surface area (Å²) in [6.07, 6.45) is 6.40.